The molecule has 1 N–H and O–H groups in total. The summed E-state index contributed by atoms with van der Waals surface area (Å²) in [6.45, 7) is 9.72. The summed E-state index contributed by atoms with van der Waals surface area (Å²) in [5, 5.41) is 3.10. The maximum absolute atomic E-state index is 14.0. The van der Waals surface area contributed by atoms with Gasteiger partial charge in [0.25, 0.3) is 5.91 Å². The minimum absolute atomic E-state index is 0.0884. The number of aromatic nitrogens is 1. The summed E-state index contributed by atoms with van der Waals surface area (Å²) >= 11 is 6.18. The number of aryl methyl sites for hydroxylation is 1. The minimum atomic E-state index is -0.668. The molecule has 3 aromatic rings. The Bertz CT molecular complexity index is 942. The topological polar surface area (TPSA) is 64.4 Å². The number of benzene rings is 2. The normalized spacial score (nSPS) is 9.52. The summed E-state index contributed by atoms with van der Waals surface area (Å²) in [7, 11) is 1.43. The van der Waals surface area contributed by atoms with Gasteiger partial charge in [-0.1, -0.05) is 39.3 Å². The Kier molecular flexibility index (Phi) is 9.89. The SMILES string of the molecule is CC.CC.COc1ccc(C(=O)Nc2ccc(Cl)c(-c3coc(C)n3)c2)c(F)c1. The highest BCUT2D eigenvalue weighted by molar-refractivity contribution is 6.33. The van der Waals surface area contributed by atoms with Crippen LogP contribution in [0.4, 0.5) is 10.1 Å². The van der Waals surface area contributed by atoms with Gasteiger partial charge in [0.05, 0.1) is 17.7 Å². The summed E-state index contributed by atoms with van der Waals surface area (Å²) < 4.78 is 24.1. The zero-order valence-electron chi connectivity index (χ0n) is 17.5. The predicted molar refractivity (Wildman–Crippen MR) is 115 cm³/mol. The summed E-state index contributed by atoms with van der Waals surface area (Å²) in [6.07, 6.45) is 1.48. The molecule has 156 valence electrons. The molecule has 0 bridgehead atoms. The second kappa shape index (κ2) is 11.9. The fraction of sp³-hybridized carbons (Fsp3) is 0.273. The minimum Gasteiger partial charge on any atom is -0.497 e. The molecule has 0 fully saturated rings. The fourth-order valence-corrected chi connectivity index (χ4v) is 2.51. The summed E-state index contributed by atoms with van der Waals surface area (Å²) in [5.41, 5.74) is 1.52. The van der Waals surface area contributed by atoms with Crippen molar-refractivity contribution < 1.29 is 18.3 Å². The first-order valence-corrected chi connectivity index (χ1v) is 9.72. The van der Waals surface area contributed by atoms with Gasteiger partial charge in [0, 0.05) is 24.2 Å². The number of methoxy groups -OCH3 is 1. The van der Waals surface area contributed by atoms with Crippen LogP contribution in [0.3, 0.4) is 0 Å². The lowest BCUT2D eigenvalue weighted by atomic mass is 10.1. The number of ether oxygens (including phenoxy) is 1. The average Bonchev–Trinajstić information content (AvgIpc) is 3.18. The van der Waals surface area contributed by atoms with Gasteiger partial charge in [-0.3, -0.25) is 4.79 Å². The highest BCUT2D eigenvalue weighted by Gasteiger charge is 2.15. The van der Waals surface area contributed by atoms with Crippen molar-refractivity contribution in [1.82, 2.24) is 4.98 Å². The molecule has 0 atom stereocenters. The molecule has 0 aliphatic heterocycles. The number of nitrogens with one attached hydrogen (secondary N) is 1. The zero-order valence-corrected chi connectivity index (χ0v) is 18.2. The van der Waals surface area contributed by atoms with Crippen LogP contribution < -0.4 is 10.1 Å². The van der Waals surface area contributed by atoms with Crippen LogP contribution in [0, 0.1) is 12.7 Å². The number of nitrogens with zero attached hydrogens (tertiary/aromatic N) is 1. The van der Waals surface area contributed by atoms with E-state index in [4.69, 9.17) is 20.8 Å². The lowest BCUT2D eigenvalue weighted by molar-refractivity contribution is 0.102. The van der Waals surface area contributed by atoms with Gasteiger partial charge < -0.3 is 14.5 Å². The van der Waals surface area contributed by atoms with E-state index in [2.05, 4.69) is 10.3 Å². The third-order valence-corrected chi connectivity index (χ3v) is 3.87. The highest BCUT2D eigenvalue weighted by atomic mass is 35.5. The maximum Gasteiger partial charge on any atom is 0.258 e. The van der Waals surface area contributed by atoms with Gasteiger partial charge in [0.2, 0.25) is 0 Å². The predicted octanol–water partition coefficient (Wildman–Crippen LogP) is 6.76. The average molecular weight is 421 g/mol. The third-order valence-electron chi connectivity index (χ3n) is 3.54. The van der Waals surface area contributed by atoms with Crippen molar-refractivity contribution in [1.29, 1.82) is 0 Å². The van der Waals surface area contributed by atoms with Crippen LogP contribution in [-0.2, 0) is 0 Å². The molecule has 0 radical (unpaired) electrons. The molecule has 0 saturated heterocycles. The van der Waals surface area contributed by atoms with Crippen LogP contribution in [-0.4, -0.2) is 18.0 Å². The fourth-order valence-electron chi connectivity index (χ4n) is 2.29. The van der Waals surface area contributed by atoms with Gasteiger partial charge in [-0.05, 0) is 30.3 Å². The number of carbonyl (C=O) groups is 1. The maximum atomic E-state index is 14.0. The molecule has 0 aliphatic carbocycles. The van der Waals surface area contributed by atoms with Gasteiger partial charge in [-0.25, -0.2) is 9.37 Å². The summed E-state index contributed by atoms with van der Waals surface area (Å²) in [4.78, 5) is 16.5. The van der Waals surface area contributed by atoms with E-state index in [1.807, 2.05) is 27.7 Å². The van der Waals surface area contributed by atoms with Crippen molar-refractivity contribution in [3.8, 4) is 17.0 Å². The first-order valence-electron chi connectivity index (χ1n) is 9.35. The van der Waals surface area contributed by atoms with E-state index in [1.54, 1.807) is 25.1 Å². The molecule has 1 heterocycles. The Labute approximate surface area is 175 Å². The lowest BCUT2D eigenvalue weighted by Gasteiger charge is -2.09. The highest BCUT2D eigenvalue weighted by Crippen LogP contribution is 2.30. The molecule has 3 rings (SSSR count). The Balaban J connectivity index is 0.000000989. The number of amides is 1. The van der Waals surface area contributed by atoms with Crippen LogP contribution in [0.2, 0.25) is 5.02 Å². The van der Waals surface area contributed by atoms with Crippen molar-refractivity contribution >= 4 is 23.2 Å². The number of carbonyl (C=O) groups excluding carboxylic acids is 1. The molecular formula is C22H26ClFN2O3. The second-order valence-corrected chi connectivity index (χ2v) is 5.65. The Morgan fingerprint density at radius 1 is 1.14 bits per heavy atom. The van der Waals surface area contributed by atoms with E-state index < -0.39 is 11.7 Å². The van der Waals surface area contributed by atoms with Gasteiger partial charge in [-0.2, -0.15) is 0 Å². The second-order valence-electron chi connectivity index (χ2n) is 5.25. The number of hydrogen-bond acceptors (Lipinski definition) is 4. The van der Waals surface area contributed by atoms with E-state index in [-0.39, 0.29) is 5.56 Å². The molecule has 0 spiro atoms. The number of anilines is 1. The molecule has 1 amide bonds. The number of hydrogen-bond donors (Lipinski definition) is 1. The van der Waals surface area contributed by atoms with Crippen molar-refractivity contribution in [3.05, 3.63) is 65.0 Å². The number of halogens is 2. The molecule has 7 heteroatoms. The number of rotatable bonds is 4. The largest absolute Gasteiger partial charge is 0.497 e. The quantitative estimate of drug-likeness (QED) is 0.506. The van der Waals surface area contributed by atoms with Crippen LogP contribution in [0.15, 0.2) is 47.1 Å². The molecule has 0 unspecified atom stereocenters. The van der Waals surface area contributed by atoms with Crippen molar-refractivity contribution in [2.45, 2.75) is 34.6 Å². The van der Waals surface area contributed by atoms with E-state index in [0.29, 0.717) is 33.6 Å². The lowest BCUT2D eigenvalue weighted by Crippen LogP contribution is -2.13. The molecule has 0 aliphatic rings. The van der Waals surface area contributed by atoms with Crippen molar-refractivity contribution in [2.24, 2.45) is 0 Å². The smallest absolute Gasteiger partial charge is 0.258 e. The zero-order chi connectivity index (χ0) is 22.0. The first-order chi connectivity index (χ1) is 14.0. The van der Waals surface area contributed by atoms with E-state index in [9.17, 15) is 9.18 Å². The van der Waals surface area contributed by atoms with Crippen LogP contribution in [0.5, 0.6) is 5.75 Å². The Morgan fingerprint density at radius 3 is 2.38 bits per heavy atom. The van der Waals surface area contributed by atoms with Crippen LogP contribution in [0.25, 0.3) is 11.3 Å². The monoisotopic (exact) mass is 420 g/mol. The standard InChI is InChI=1S/C18H14ClFN2O3.2C2H6/c1-10-21-17(9-25-10)14-7-11(3-6-15(14)19)22-18(23)13-5-4-12(24-2)8-16(13)20;2*1-2/h3-9H,1-2H3,(H,22,23);2*1-2H3. The van der Waals surface area contributed by atoms with Gasteiger partial charge in [0.1, 0.15) is 23.5 Å². The molecule has 0 saturated carbocycles. The van der Waals surface area contributed by atoms with Crippen LogP contribution in [0.1, 0.15) is 43.9 Å². The number of oxazole rings is 1. The molecule has 1 aromatic heterocycles. The first kappa shape index (κ1) is 24.2. The van der Waals surface area contributed by atoms with Gasteiger partial charge in [-0.15, -0.1) is 0 Å². The van der Waals surface area contributed by atoms with Crippen molar-refractivity contribution in [3.63, 3.8) is 0 Å². The Morgan fingerprint density at radius 2 is 1.83 bits per heavy atom. The summed E-state index contributed by atoms with van der Waals surface area (Å²) in [5.74, 6) is -0.409. The molecular weight excluding hydrogens is 395 g/mol. The van der Waals surface area contributed by atoms with Gasteiger partial charge in [0.15, 0.2) is 5.89 Å². The van der Waals surface area contributed by atoms with E-state index in [1.165, 1.54) is 25.5 Å². The van der Waals surface area contributed by atoms with Crippen molar-refractivity contribution in [2.75, 3.05) is 12.4 Å². The molecule has 29 heavy (non-hydrogen) atoms. The Hall–Kier alpha value is -2.86. The van der Waals surface area contributed by atoms with Gasteiger partial charge >= 0.3 is 0 Å². The third kappa shape index (κ3) is 6.32. The summed E-state index contributed by atoms with van der Waals surface area (Å²) in [6, 6.07) is 8.93. The van der Waals surface area contributed by atoms with E-state index >= 15 is 0 Å². The molecule has 2 aromatic carbocycles. The van der Waals surface area contributed by atoms with E-state index in [0.717, 1.165) is 6.07 Å². The molecule has 5 nitrogen and oxygen atoms in total. The van der Waals surface area contributed by atoms with Crippen LogP contribution >= 0.6 is 11.6 Å².